The van der Waals surface area contributed by atoms with Gasteiger partial charge in [-0.25, -0.2) is 9.37 Å². The molecule has 0 aliphatic heterocycles. The van der Waals surface area contributed by atoms with E-state index >= 15 is 0 Å². The van der Waals surface area contributed by atoms with Gasteiger partial charge in [0.15, 0.2) is 12.2 Å². The molecule has 0 aliphatic carbocycles. The highest BCUT2D eigenvalue weighted by Crippen LogP contribution is 2.28. The summed E-state index contributed by atoms with van der Waals surface area (Å²) in [5.41, 5.74) is 1.73. The number of hydrogen-bond donors (Lipinski definition) is 1. The lowest BCUT2D eigenvalue weighted by Crippen LogP contribution is -2.14. The van der Waals surface area contributed by atoms with Crippen molar-refractivity contribution in [3.05, 3.63) is 39.7 Å². The zero-order chi connectivity index (χ0) is 13.0. The number of aromatic nitrogens is 1. The maximum Gasteiger partial charge on any atom is 0.181 e. The number of oxazole rings is 1. The molecule has 96 valence electrons. The topological polar surface area (TPSA) is 38.1 Å². The van der Waals surface area contributed by atoms with Gasteiger partial charge in [0.1, 0.15) is 11.5 Å². The van der Waals surface area contributed by atoms with Crippen LogP contribution in [0.2, 0.25) is 0 Å². The largest absolute Gasteiger partial charge is 0.443 e. The molecule has 0 amide bonds. The van der Waals surface area contributed by atoms with Gasteiger partial charge < -0.3 is 9.73 Å². The Balaban J connectivity index is 2.25. The molecular formula is C13H14FIN2O. The van der Waals surface area contributed by atoms with Gasteiger partial charge in [-0.2, -0.15) is 0 Å². The average Bonchev–Trinajstić information content (AvgIpc) is 2.78. The van der Waals surface area contributed by atoms with Gasteiger partial charge in [0, 0.05) is 15.7 Å². The molecule has 18 heavy (non-hydrogen) atoms. The van der Waals surface area contributed by atoms with Crippen LogP contribution in [0.15, 0.2) is 29.0 Å². The maximum atomic E-state index is 13.1. The summed E-state index contributed by atoms with van der Waals surface area (Å²) in [6.45, 7) is 3.71. The van der Waals surface area contributed by atoms with Gasteiger partial charge >= 0.3 is 0 Å². The molecular weight excluding hydrogens is 346 g/mol. The number of hydrogen-bond acceptors (Lipinski definition) is 3. The molecule has 1 aromatic heterocycles. The van der Waals surface area contributed by atoms with Crippen LogP contribution in [-0.4, -0.2) is 11.5 Å². The minimum absolute atomic E-state index is 0.242. The summed E-state index contributed by atoms with van der Waals surface area (Å²) in [6.07, 6.45) is 2.50. The fraction of sp³-hybridized carbons (Fsp3) is 0.308. The smallest absolute Gasteiger partial charge is 0.181 e. The van der Waals surface area contributed by atoms with Crippen LogP contribution in [0.3, 0.4) is 0 Å². The Morgan fingerprint density at radius 2 is 2.28 bits per heavy atom. The Kier molecular flexibility index (Phi) is 4.71. The van der Waals surface area contributed by atoms with Crippen molar-refractivity contribution in [2.45, 2.75) is 19.9 Å². The fourth-order valence-corrected chi connectivity index (χ4v) is 2.39. The third kappa shape index (κ3) is 3.08. The van der Waals surface area contributed by atoms with Crippen molar-refractivity contribution >= 4 is 22.6 Å². The molecule has 0 spiro atoms. The molecule has 0 unspecified atom stereocenters. The highest BCUT2D eigenvalue weighted by Gasteiger charge is 2.13. The predicted octanol–water partition coefficient (Wildman–Crippen LogP) is 3.58. The van der Waals surface area contributed by atoms with E-state index in [0.717, 1.165) is 27.8 Å². The second-order valence-electron chi connectivity index (χ2n) is 3.93. The molecule has 0 fully saturated rings. The molecule has 0 saturated heterocycles. The van der Waals surface area contributed by atoms with Crippen LogP contribution in [0.25, 0.3) is 11.3 Å². The lowest BCUT2D eigenvalue weighted by Gasteiger charge is -2.05. The first kappa shape index (κ1) is 13.5. The monoisotopic (exact) mass is 360 g/mol. The summed E-state index contributed by atoms with van der Waals surface area (Å²) in [5, 5.41) is 3.28. The minimum Gasteiger partial charge on any atom is -0.443 e. The molecule has 2 rings (SSSR count). The van der Waals surface area contributed by atoms with Crippen LogP contribution in [0.4, 0.5) is 4.39 Å². The molecule has 1 heterocycles. The summed E-state index contributed by atoms with van der Waals surface area (Å²) in [6, 6.07) is 4.64. The van der Waals surface area contributed by atoms with Crippen molar-refractivity contribution < 1.29 is 8.81 Å². The highest BCUT2D eigenvalue weighted by atomic mass is 127. The van der Waals surface area contributed by atoms with Crippen molar-refractivity contribution in [2.24, 2.45) is 0 Å². The predicted molar refractivity (Wildman–Crippen MR) is 76.6 cm³/mol. The third-order valence-electron chi connectivity index (χ3n) is 2.54. The quantitative estimate of drug-likeness (QED) is 0.654. The molecule has 1 aromatic carbocycles. The zero-order valence-corrected chi connectivity index (χ0v) is 12.2. The molecule has 0 radical (unpaired) electrons. The normalized spacial score (nSPS) is 10.8. The van der Waals surface area contributed by atoms with E-state index in [1.807, 2.05) is 0 Å². The second-order valence-corrected chi connectivity index (χ2v) is 5.09. The maximum absolute atomic E-state index is 13.1. The summed E-state index contributed by atoms with van der Waals surface area (Å²) < 4.78 is 19.3. The van der Waals surface area contributed by atoms with Crippen molar-refractivity contribution in [1.82, 2.24) is 10.3 Å². The van der Waals surface area contributed by atoms with Crippen molar-refractivity contribution in [2.75, 3.05) is 6.54 Å². The van der Waals surface area contributed by atoms with E-state index in [1.54, 1.807) is 6.07 Å². The molecule has 0 bridgehead atoms. The van der Waals surface area contributed by atoms with Crippen molar-refractivity contribution in [1.29, 1.82) is 0 Å². The Hall–Kier alpha value is -0.950. The van der Waals surface area contributed by atoms with Crippen LogP contribution in [0, 0.1) is 9.39 Å². The average molecular weight is 360 g/mol. The van der Waals surface area contributed by atoms with Gasteiger partial charge in [-0.05, 0) is 53.8 Å². The molecule has 0 aliphatic rings. The summed E-state index contributed by atoms with van der Waals surface area (Å²) in [5.74, 6) is 0.469. The number of nitrogens with one attached hydrogen (secondary N) is 1. The lowest BCUT2D eigenvalue weighted by atomic mass is 10.1. The Labute approximate surface area is 119 Å². The van der Waals surface area contributed by atoms with Gasteiger partial charge in [-0.3, -0.25) is 0 Å². The number of halogens is 2. The van der Waals surface area contributed by atoms with E-state index in [9.17, 15) is 4.39 Å². The van der Waals surface area contributed by atoms with E-state index in [2.05, 4.69) is 39.8 Å². The molecule has 5 heteroatoms. The SMILES string of the molecule is CCCNCc1ncoc1-c1ccc(F)cc1I. The molecule has 1 N–H and O–H groups in total. The first-order valence-corrected chi connectivity index (χ1v) is 6.88. The van der Waals surface area contributed by atoms with Gasteiger partial charge in [-0.1, -0.05) is 6.92 Å². The van der Waals surface area contributed by atoms with E-state index in [-0.39, 0.29) is 5.82 Å². The van der Waals surface area contributed by atoms with Gasteiger partial charge in [0.25, 0.3) is 0 Å². The van der Waals surface area contributed by atoms with Crippen LogP contribution < -0.4 is 5.32 Å². The van der Waals surface area contributed by atoms with Crippen LogP contribution >= 0.6 is 22.6 Å². The van der Waals surface area contributed by atoms with Gasteiger partial charge in [0.05, 0.1) is 0 Å². The first-order valence-electron chi connectivity index (χ1n) is 5.81. The number of benzene rings is 1. The van der Waals surface area contributed by atoms with Crippen molar-refractivity contribution in [3.8, 4) is 11.3 Å². The summed E-state index contributed by atoms with van der Waals surface area (Å²) in [4.78, 5) is 4.20. The lowest BCUT2D eigenvalue weighted by molar-refractivity contribution is 0.568. The Morgan fingerprint density at radius 3 is 3.00 bits per heavy atom. The van der Waals surface area contributed by atoms with Crippen LogP contribution in [0.5, 0.6) is 0 Å². The minimum atomic E-state index is -0.242. The zero-order valence-electron chi connectivity index (χ0n) is 10.0. The Morgan fingerprint density at radius 1 is 1.44 bits per heavy atom. The van der Waals surface area contributed by atoms with Crippen LogP contribution in [-0.2, 0) is 6.54 Å². The van der Waals surface area contributed by atoms with Gasteiger partial charge in [-0.15, -0.1) is 0 Å². The molecule has 0 atom stereocenters. The highest BCUT2D eigenvalue weighted by molar-refractivity contribution is 14.1. The second kappa shape index (κ2) is 6.29. The van der Waals surface area contributed by atoms with Gasteiger partial charge in [0.2, 0.25) is 0 Å². The number of rotatable bonds is 5. The molecule has 2 aromatic rings. The van der Waals surface area contributed by atoms with E-state index in [1.165, 1.54) is 18.5 Å². The number of nitrogens with zero attached hydrogens (tertiary/aromatic N) is 1. The third-order valence-corrected chi connectivity index (χ3v) is 3.43. The van der Waals surface area contributed by atoms with Crippen LogP contribution in [0.1, 0.15) is 19.0 Å². The fourth-order valence-electron chi connectivity index (χ4n) is 1.67. The van der Waals surface area contributed by atoms with E-state index in [0.29, 0.717) is 12.3 Å². The summed E-state index contributed by atoms with van der Waals surface area (Å²) >= 11 is 2.10. The Bertz CT molecular complexity index is 527. The summed E-state index contributed by atoms with van der Waals surface area (Å²) in [7, 11) is 0. The van der Waals surface area contributed by atoms with E-state index < -0.39 is 0 Å². The molecule has 0 saturated carbocycles. The standard InChI is InChI=1S/C13H14FIN2O/c1-2-5-16-7-12-13(18-8-17-12)10-4-3-9(14)6-11(10)15/h3-4,6,8,16H,2,5,7H2,1H3. The van der Waals surface area contributed by atoms with E-state index in [4.69, 9.17) is 4.42 Å². The van der Waals surface area contributed by atoms with Crippen molar-refractivity contribution in [3.63, 3.8) is 0 Å². The molecule has 3 nitrogen and oxygen atoms in total. The first-order chi connectivity index (χ1) is 8.72.